The fourth-order valence-corrected chi connectivity index (χ4v) is 2.18. The Balaban J connectivity index is 2.75. The first-order valence-electron chi connectivity index (χ1n) is 5.93. The first-order chi connectivity index (χ1) is 7.97. The molecule has 0 unspecified atom stereocenters. The van der Waals surface area contributed by atoms with E-state index in [4.69, 9.17) is 10.5 Å². The minimum Gasteiger partial charge on any atom is -0.497 e. The minimum absolute atomic E-state index is 0.342. The standard InChI is InChI=1S/C14H20N2O/c1-5-16-9-12(14(2,3)15)11-8-10(17-4)6-7-13(11)16/h6-9H,5,15H2,1-4H3. The van der Waals surface area contributed by atoms with Gasteiger partial charge in [-0.05, 0) is 44.5 Å². The zero-order valence-electron chi connectivity index (χ0n) is 10.9. The van der Waals surface area contributed by atoms with E-state index in [0.717, 1.165) is 17.9 Å². The van der Waals surface area contributed by atoms with Crippen LogP contribution in [0.4, 0.5) is 0 Å². The van der Waals surface area contributed by atoms with Crippen LogP contribution in [0, 0.1) is 0 Å². The van der Waals surface area contributed by atoms with E-state index in [1.54, 1.807) is 7.11 Å². The van der Waals surface area contributed by atoms with Gasteiger partial charge in [0.2, 0.25) is 0 Å². The molecular weight excluding hydrogens is 212 g/mol. The average molecular weight is 232 g/mol. The molecule has 0 saturated carbocycles. The van der Waals surface area contributed by atoms with E-state index in [1.807, 2.05) is 19.9 Å². The lowest BCUT2D eigenvalue weighted by Crippen LogP contribution is -2.28. The van der Waals surface area contributed by atoms with Crippen molar-refractivity contribution in [1.82, 2.24) is 4.57 Å². The van der Waals surface area contributed by atoms with Gasteiger partial charge in [-0.2, -0.15) is 0 Å². The van der Waals surface area contributed by atoms with Crippen LogP contribution in [0.15, 0.2) is 24.4 Å². The first-order valence-corrected chi connectivity index (χ1v) is 5.93. The molecule has 3 nitrogen and oxygen atoms in total. The van der Waals surface area contributed by atoms with Crippen molar-refractivity contribution in [3.8, 4) is 5.75 Å². The molecule has 2 rings (SSSR count). The summed E-state index contributed by atoms with van der Waals surface area (Å²) in [5.41, 5.74) is 8.26. The Hall–Kier alpha value is -1.48. The summed E-state index contributed by atoms with van der Waals surface area (Å²) in [7, 11) is 1.69. The Morgan fingerprint density at radius 3 is 2.59 bits per heavy atom. The largest absolute Gasteiger partial charge is 0.497 e. The molecule has 0 spiro atoms. The van der Waals surface area contributed by atoms with E-state index in [9.17, 15) is 0 Å². The maximum Gasteiger partial charge on any atom is 0.119 e. The SMILES string of the molecule is CCn1cc(C(C)(C)N)c2cc(OC)ccc21. The second kappa shape index (κ2) is 4.08. The highest BCUT2D eigenvalue weighted by molar-refractivity contribution is 5.86. The summed E-state index contributed by atoms with van der Waals surface area (Å²) in [6.07, 6.45) is 2.14. The number of nitrogens with two attached hydrogens (primary N) is 1. The fourth-order valence-electron chi connectivity index (χ4n) is 2.18. The van der Waals surface area contributed by atoms with E-state index >= 15 is 0 Å². The predicted octanol–water partition coefficient (Wildman–Crippen LogP) is 2.86. The Morgan fingerprint density at radius 2 is 2.06 bits per heavy atom. The number of ether oxygens (including phenoxy) is 1. The number of hydrogen-bond donors (Lipinski definition) is 1. The van der Waals surface area contributed by atoms with Crippen LogP contribution in [-0.2, 0) is 12.1 Å². The topological polar surface area (TPSA) is 40.2 Å². The summed E-state index contributed by atoms with van der Waals surface area (Å²) in [6.45, 7) is 7.14. The summed E-state index contributed by atoms with van der Waals surface area (Å²) in [5, 5.41) is 1.18. The third-order valence-corrected chi connectivity index (χ3v) is 3.12. The molecule has 3 heteroatoms. The molecule has 0 bridgehead atoms. The van der Waals surface area contributed by atoms with Crippen LogP contribution in [0.2, 0.25) is 0 Å². The van der Waals surface area contributed by atoms with E-state index in [-0.39, 0.29) is 5.54 Å². The minimum atomic E-state index is -0.342. The van der Waals surface area contributed by atoms with Crippen LogP contribution in [-0.4, -0.2) is 11.7 Å². The zero-order chi connectivity index (χ0) is 12.6. The third kappa shape index (κ3) is 2.03. The van der Waals surface area contributed by atoms with Crippen LogP contribution in [0.1, 0.15) is 26.3 Å². The molecular formula is C14H20N2O. The summed E-state index contributed by atoms with van der Waals surface area (Å²) < 4.78 is 7.50. The second-order valence-corrected chi connectivity index (χ2v) is 4.93. The van der Waals surface area contributed by atoms with Crippen LogP contribution in [0.25, 0.3) is 10.9 Å². The predicted molar refractivity (Wildman–Crippen MR) is 71.4 cm³/mol. The van der Waals surface area contributed by atoms with Crippen molar-refractivity contribution in [2.75, 3.05) is 7.11 Å². The number of nitrogens with zero attached hydrogens (tertiary/aromatic N) is 1. The first kappa shape index (κ1) is 12.0. The maximum atomic E-state index is 6.23. The van der Waals surface area contributed by atoms with Crippen molar-refractivity contribution in [1.29, 1.82) is 0 Å². The average Bonchev–Trinajstić information content (AvgIpc) is 2.66. The summed E-state index contributed by atoms with van der Waals surface area (Å²) in [5.74, 6) is 0.872. The zero-order valence-corrected chi connectivity index (χ0v) is 10.9. The van der Waals surface area contributed by atoms with Gasteiger partial charge in [-0.25, -0.2) is 0 Å². The number of rotatable bonds is 3. The smallest absolute Gasteiger partial charge is 0.119 e. The highest BCUT2D eigenvalue weighted by Gasteiger charge is 2.20. The molecule has 0 amide bonds. The second-order valence-electron chi connectivity index (χ2n) is 4.93. The maximum absolute atomic E-state index is 6.23. The molecule has 0 radical (unpaired) electrons. The Kier molecular flexibility index (Phi) is 2.87. The van der Waals surface area contributed by atoms with Gasteiger partial charge in [-0.3, -0.25) is 0 Å². The van der Waals surface area contributed by atoms with Crippen molar-refractivity contribution >= 4 is 10.9 Å². The quantitative estimate of drug-likeness (QED) is 0.884. The van der Waals surface area contributed by atoms with E-state index in [1.165, 1.54) is 10.9 Å². The highest BCUT2D eigenvalue weighted by Crippen LogP contribution is 2.31. The molecule has 0 aliphatic carbocycles. The molecule has 2 aromatic rings. The third-order valence-electron chi connectivity index (χ3n) is 3.12. The lowest BCUT2D eigenvalue weighted by molar-refractivity contribution is 0.415. The normalized spacial score (nSPS) is 12.1. The Labute approximate surface area is 102 Å². The molecule has 0 aliphatic heterocycles. The molecule has 92 valence electrons. The van der Waals surface area contributed by atoms with Gasteiger partial charge in [0, 0.05) is 29.2 Å². The lowest BCUT2D eigenvalue weighted by Gasteiger charge is -2.17. The molecule has 17 heavy (non-hydrogen) atoms. The van der Waals surface area contributed by atoms with Crippen molar-refractivity contribution in [3.63, 3.8) is 0 Å². The van der Waals surface area contributed by atoms with Gasteiger partial charge >= 0.3 is 0 Å². The van der Waals surface area contributed by atoms with Crippen molar-refractivity contribution in [2.45, 2.75) is 32.9 Å². The van der Waals surface area contributed by atoms with E-state index in [2.05, 4.69) is 29.8 Å². The number of hydrogen-bond acceptors (Lipinski definition) is 2. The summed E-state index contributed by atoms with van der Waals surface area (Å²) in [6, 6.07) is 6.14. The number of aryl methyl sites for hydroxylation is 1. The van der Waals surface area contributed by atoms with Crippen molar-refractivity contribution in [2.24, 2.45) is 5.73 Å². The monoisotopic (exact) mass is 232 g/mol. The van der Waals surface area contributed by atoms with Gasteiger partial charge in [0.15, 0.2) is 0 Å². The van der Waals surface area contributed by atoms with Crippen molar-refractivity contribution < 1.29 is 4.74 Å². The summed E-state index contributed by atoms with van der Waals surface area (Å²) >= 11 is 0. The van der Waals surface area contributed by atoms with Crippen LogP contribution in [0.3, 0.4) is 0 Å². The van der Waals surface area contributed by atoms with Crippen molar-refractivity contribution in [3.05, 3.63) is 30.0 Å². The van der Waals surface area contributed by atoms with Crippen LogP contribution >= 0.6 is 0 Å². The molecule has 0 saturated heterocycles. The van der Waals surface area contributed by atoms with Crippen LogP contribution in [0.5, 0.6) is 5.75 Å². The van der Waals surface area contributed by atoms with Gasteiger partial charge in [0.05, 0.1) is 7.11 Å². The molecule has 0 atom stereocenters. The Morgan fingerprint density at radius 1 is 1.35 bits per heavy atom. The molecule has 1 aromatic heterocycles. The fraction of sp³-hybridized carbons (Fsp3) is 0.429. The number of fused-ring (bicyclic) bond motifs is 1. The van der Waals surface area contributed by atoms with Gasteiger partial charge in [0.1, 0.15) is 5.75 Å². The molecule has 0 aliphatic rings. The lowest BCUT2D eigenvalue weighted by atomic mass is 9.95. The molecule has 2 N–H and O–H groups in total. The number of aromatic nitrogens is 1. The highest BCUT2D eigenvalue weighted by atomic mass is 16.5. The number of methoxy groups -OCH3 is 1. The summed E-state index contributed by atoms with van der Waals surface area (Å²) in [4.78, 5) is 0. The molecule has 0 fully saturated rings. The van der Waals surface area contributed by atoms with Gasteiger partial charge < -0.3 is 15.0 Å². The van der Waals surface area contributed by atoms with Gasteiger partial charge in [-0.1, -0.05) is 0 Å². The van der Waals surface area contributed by atoms with E-state index in [0.29, 0.717) is 0 Å². The van der Waals surface area contributed by atoms with Crippen LogP contribution < -0.4 is 10.5 Å². The van der Waals surface area contributed by atoms with E-state index < -0.39 is 0 Å². The molecule has 1 aromatic carbocycles. The number of benzene rings is 1. The van der Waals surface area contributed by atoms with Gasteiger partial charge in [0.25, 0.3) is 0 Å². The van der Waals surface area contributed by atoms with Gasteiger partial charge in [-0.15, -0.1) is 0 Å². The molecule has 1 heterocycles. The Bertz CT molecular complexity index is 535.